The lowest BCUT2D eigenvalue weighted by Crippen LogP contribution is -2.50. The molecule has 6 heteroatoms. The zero-order valence-electron chi connectivity index (χ0n) is 13.9. The standard InChI is InChI=1S/C18H24N4O2/c19-17(23)13-4-3-9-22(12-13)14-7-10-21(11-8-14)18-20-15-5-1-2-6-16(15)24-18/h1-2,5-6,13-14H,3-4,7-12H2,(H2,19,23)/t13-/m1/s1. The number of para-hydroxylation sites is 2. The molecule has 1 aromatic carbocycles. The van der Waals surface area contributed by atoms with Crippen LogP contribution in [0.4, 0.5) is 6.01 Å². The lowest BCUT2D eigenvalue weighted by atomic mass is 9.93. The number of hydrogen-bond acceptors (Lipinski definition) is 5. The van der Waals surface area contributed by atoms with E-state index >= 15 is 0 Å². The smallest absolute Gasteiger partial charge is 0.298 e. The third kappa shape index (κ3) is 2.98. The monoisotopic (exact) mass is 328 g/mol. The van der Waals surface area contributed by atoms with Crippen molar-refractivity contribution in [3.05, 3.63) is 24.3 Å². The van der Waals surface area contributed by atoms with Crippen molar-refractivity contribution in [1.29, 1.82) is 0 Å². The maximum Gasteiger partial charge on any atom is 0.298 e. The van der Waals surface area contributed by atoms with Crippen LogP contribution in [0.1, 0.15) is 25.7 Å². The van der Waals surface area contributed by atoms with E-state index in [1.54, 1.807) is 0 Å². The second-order valence-corrected chi connectivity index (χ2v) is 6.92. The van der Waals surface area contributed by atoms with Crippen LogP contribution in [0.3, 0.4) is 0 Å². The van der Waals surface area contributed by atoms with Gasteiger partial charge in [-0.1, -0.05) is 12.1 Å². The van der Waals surface area contributed by atoms with Gasteiger partial charge in [-0.3, -0.25) is 9.69 Å². The molecule has 0 bridgehead atoms. The molecular formula is C18H24N4O2. The van der Waals surface area contributed by atoms with E-state index in [2.05, 4.69) is 14.8 Å². The van der Waals surface area contributed by atoms with Crippen LogP contribution in [0.5, 0.6) is 0 Å². The predicted molar refractivity (Wildman–Crippen MR) is 92.7 cm³/mol. The van der Waals surface area contributed by atoms with Crippen molar-refractivity contribution >= 4 is 23.0 Å². The number of carbonyl (C=O) groups is 1. The molecule has 0 radical (unpaired) electrons. The Morgan fingerprint density at radius 2 is 1.96 bits per heavy atom. The number of nitrogens with zero attached hydrogens (tertiary/aromatic N) is 3. The Labute approximate surface area is 141 Å². The zero-order chi connectivity index (χ0) is 16.5. The Kier molecular flexibility index (Phi) is 4.14. The van der Waals surface area contributed by atoms with Crippen LogP contribution in [0.2, 0.25) is 0 Å². The average Bonchev–Trinajstić information content (AvgIpc) is 3.06. The first-order valence-electron chi connectivity index (χ1n) is 8.84. The van der Waals surface area contributed by atoms with Crippen LogP contribution >= 0.6 is 0 Å². The molecule has 2 saturated heterocycles. The molecule has 24 heavy (non-hydrogen) atoms. The summed E-state index contributed by atoms with van der Waals surface area (Å²) in [6, 6.07) is 9.14. The summed E-state index contributed by atoms with van der Waals surface area (Å²) >= 11 is 0. The van der Waals surface area contributed by atoms with Crippen LogP contribution in [0, 0.1) is 5.92 Å². The topological polar surface area (TPSA) is 75.6 Å². The highest BCUT2D eigenvalue weighted by molar-refractivity contribution is 5.77. The van der Waals surface area contributed by atoms with E-state index in [0.29, 0.717) is 6.04 Å². The third-order valence-corrected chi connectivity index (χ3v) is 5.39. The third-order valence-electron chi connectivity index (χ3n) is 5.39. The Hall–Kier alpha value is -2.08. The zero-order valence-corrected chi connectivity index (χ0v) is 13.9. The largest absolute Gasteiger partial charge is 0.423 e. The Balaban J connectivity index is 1.38. The van der Waals surface area contributed by atoms with Crippen molar-refractivity contribution in [2.75, 3.05) is 31.1 Å². The van der Waals surface area contributed by atoms with Gasteiger partial charge in [0.05, 0.1) is 5.92 Å². The summed E-state index contributed by atoms with van der Waals surface area (Å²) in [5.41, 5.74) is 7.25. The molecule has 0 aliphatic carbocycles. The van der Waals surface area contributed by atoms with Crippen LogP contribution in [-0.2, 0) is 4.79 Å². The first-order valence-corrected chi connectivity index (χ1v) is 8.84. The Morgan fingerprint density at radius 1 is 1.17 bits per heavy atom. The molecule has 0 saturated carbocycles. The molecular weight excluding hydrogens is 304 g/mol. The number of nitrogens with two attached hydrogens (primary N) is 1. The van der Waals surface area contributed by atoms with E-state index in [-0.39, 0.29) is 11.8 Å². The van der Waals surface area contributed by atoms with Gasteiger partial charge in [0.25, 0.3) is 6.01 Å². The van der Waals surface area contributed by atoms with Crippen LogP contribution in [0.25, 0.3) is 11.1 Å². The molecule has 2 aliphatic heterocycles. The summed E-state index contributed by atoms with van der Waals surface area (Å²) in [5.74, 6) is -0.127. The number of aromatic nitrogens is 1. The first-order chi connectivity index (χ1) is 11.7. The predicted octanol–water partition coefficient (Wildman–Crippen LogP) is 1.99. The molecule has 4 rings (SSSR count). The molecule has 1 aromatic heterocycles. The molecule has 1 amide bonds. The van der Waals surface area contributed by atoms with Crippen molar-refractivity contribution in [2.24, 2.45) is 11.7 Å². The van der Waals surface area contributed by atoms with Crippen molar-refractivity contribution in [1.82, 2.24) is 9.88 Å². The number of oxazole rings is 1. The number of primary amides is 1. The average molecular weight is 328 g/mol. The molecule has 0 spiro atoms. The molecule has 3 heterocycles. The molecule has 2 fully saturated rings. The Bertz CT molecular complexity index is 688. The van der Waals surface area contributed by atoms with Gasteiger partial charge in [-0.2, -0.15) is 4.98 Å². The van der Waals surface area contributed by atoms with Gasteiger partial charge < -0.3 is 15.1 Å². The van der Waals surface area contributed by atoms with Crippen molar-refractivity contribution < 1.29 is 9.21 Å². The van der Waals surface area contributed by atoms with Gasteiger partial charge in [-0.15, -0.1) is 0 Å². The molecule has 0 unspecified atom stereocenters. The highest BCUT2D eigenvalue weighted by atomic mass is 16.4. The highest BCUT2D eigenvalue weighted by Crippen LogP contribution is 2.27. The fourth-order valence-electron chi connectivity index (χ4n) is 3.99. The van der Waals surface area contributed by atoms with Crippen molar-refractivity contribution in [3.8, 4) is 0 Å². The van der Waals surface area contributed by atoms with E-state index in [1.165, 1.54) is 0 Å². The second kappa shape index (κ2) is 6.43. The summed E-state index contributed by atoms with van der Waals surface area (Å²) in [4.78, 5) is 20.8. The first kappa shape index (κ1) is 15.4. The number of anilines is 1. The van der Waals surface area contributed by atoms with E-state index in [9.17, 15) is 4.79 Å². The molecule has 2 aromatic rings. The van der Waals surface area contributed by atoms with Gasteiger partial charge in [0, 0.05) is 25.7 Å². The van der Waals surface area contributed by atoms with E-state index in [0.717, 1.165) is 69.0 Å². The van der Waals surface area contributed by atoms with Crippen molar-refractivity contribution in [2.45, 2.75) is 31.7 Å². The second-order valence-electron chi connectivity index (χ2n) is 6.92. The Morgan fingerprint density at radius 3 is 2.71 bits per heavy atom. The number of benzene rings is 1. The minimum absolute atomic E-state index is 0.0221. The molecule has 6 nitrogen and oxygen atoms in total. The number of rotatable bonds is 3. The molecule has 2 N–H and O–H groups in total. The van der Waals surface area contributed by atoms with E-state index < -0.39 is 0 Å². The fraction of sp³-hybridized carbons (Fsp3) is 0.556. The number of likely N-dealkylation sites (tertiary alicyclic amines) is 1. The minimum Gasteiger partial charge on any atom is -0.423 e. The van der Waals surface area contributed by atoms with E-state index in [4.69, 9.17) is 10.2 Å². The van der Waals surface area contributed by atoms with Crippen LogP contribution in [-0.4, -0.2) is 48.0 Å². The summed E-state index contributed by atoms with van der Waals surface area (Å²) in [7, 11) is 0. The summed E-state index contributed by atoms with van der Waals surface area (Å²) in [5, 5.41) is 0. The number of hydrogen-bond donors (Lipinski definition) is 1. The van der Waals surface area contributed by atoms with Gasteiger partial charge in [0.15, 0.2) is 5.58 Å². The van der Waals surface area contributed by atoms with Crippen molar-refractivity contribution in [3.63, 3.8) is 0 Å². The van der Waals surface area contributed by atoms with Gasteiger partial charge in [0.2, 0.25) is 5.91 Å². The summed E-state index contributed by atoms with van der Waals surface area (Å²) in [6.07, 6.45) is 4.15. The number of piperidine rings is 2. The SMILES string of the molecule is NC(=O)[C@@H]1CCCN(C2CCN(c3nc4ccccc4o3)CC2)C1. The van der Waals surface area contributed by atoms with Gasteiger partial charge >= 0.3 is 0 Å². The normalized spacial score (nSPS) is 23.7. The maximum atomic E-state index is 11.5. The minimum atomic E-state index is -0.149. The van der Waals surface area contributed by atoms with Gasteiger partial charge in [-0.25, -0.2) is 0 Å². The number of amides is 1. The number of fused-ring (bicyclic) bond motifs is 1. The quantitative estimate of drug-likeness (QED) is 0.932. The summed E-state index contributed by atoms with van der Waals surface area (Å²) < 4.78 is 5.88. The molecule has 128 valence electrons. The summed E-state index contributed by atoms with van der Waals surface area (Å²) in [6.45, 7) is 3.78. The molecule has 1 atom stereocenters. The van der Waals surface area contributed by atoms with Crippen LogP contribution in [0.15, 0.2) is 28.7 Å². The lowest BCUT2D eigenvalue weighted by molar-refractivity contribution is -0.123. The van der Waals surface area contributed by atoms with E-state index in [1.807, 2.05) is 24.3 Å². The van der Waals surface area contributed by atoms with Crippen LogP contribution < -0.4 is 10.6 Å². The number of carbonyl (C=O) groups excluding carboxylic acids is 1. The highest BCUT2D eigenvalue weighted by Gasteiger charge is 2.31. The fourth-order valence-corrected chi connectivity index (χ4v) is 3.99. The molecule has 2 aliphatic rings. The maximum absolute atomic E-state index is 11.5. The van der Waals surface area contributed by atoms with Gasteiger partial charge in [0.1, 0.15) is 5.52 Å². The van der Waals surface area contributed by atoms with Gasteiger partial charge in [-0.05, 0) is 44.4 Å². The lowest BCUT2D eigenvalue weighted by Gasteiger charge is -2.41.